The van der Waals surface area contributed by atoms with Crippen molar-refractivity contribution in [1.29, 1.82) is 0 Å². The van der Waals surface area contributed by atoms with Crippen molar-refractivity contribution >= 4 is 55.4 Å². The fourth-order valence-corrected chi connectivity index (χ4v) is 3.62. The summed E-state index contributed by atoms with van der Waals surface area (Å²) >= 11 is 6.81. The predicted octanol–water partition coefficient (Wildman–Crippen LogP) is 4.39. The third-order valence-corrected chi connectivity index (χ3v) is 5.14. The largest absolute Gasteiger partial charge is 0.488 e. The van der Waals surface area contributed by atoms with Crippen LogP contribution in [0.15, 0.2) is 50.9 Å². The van der Waals surface area contributed by atoms with Crippen molar-refractivity contribution in [2.24, 2.45) is 0 Å². The Hall–Kier alpha value is -2.12. The Bertz CT molecular complexity index is 941. The summed E-state index contributed by atoms with van der Waals surface area (Å²) in [5, 5.41) is 2.84. The summed E-state index contributed by atoms with van der Waals surface area (Å²) < 4.78 is 7.50. The van der Waals surface area contributed by atoms with E-state index in [-0.39, 0.29) is 25.0 Å². The quantitative estimate of drug-likeness (QED) is 0.687. The van der Waals surface area contributed by atoms with Gasteiger partial charge in [-0.25, -0.2) is 0 Å². The monoisotopic (exact) mass is 492 g/mol. The molecular weight excluding hydrogens is 476 g/mol. The molecule has 3 rings (SSSR count). The van der Waals surface area contributed by atoms with E-state index in [0.29, 0.717) is 5.57 Å². The average molecular weight is 494 g/mol. The number of nitrogens with one attached hydrogen (secondary N) is 1. The minimum Gasteiger partial charge on any atom is -0.488 e. The van der Waals surface area contributed by atoms with Gasteiger partial charge in [-0.15, -0.1) is 0 Å². The normalized spacial score (nSPS) is 12.5. The molecule has 0 unspecified atom stereocenters. The van der Waals surface area contributed by atoms with Crippen LogP contribution in [0, 0.1) is 6.92 Å². The lowest BCUT2D eigenvalue weighted by Gasteiger charge is -2.22. The number of nitrogens with zero attached hydrogens (tertiary/aromatic N) is 1. The topological polar surface area (TPSA) is 58.6 Å². The Balaban J connectivity index is 1.66. The first-order valence-electron chi connectivity index (χ1n) is 8.28. The van der Waals surface area contributed by atoms with Gasteiger partial charge in [0.15, 0.2) is 0 Å². The molecule has 27 heavy (non-hydrogen) atoms. The van der Waals surface area contributed by atoms with Gasteiger partial charge in [-0.1, -0.05) is 31.9 Å². The van der Waals surface area contributed by atoms with Gasteiger partial charge >= 0.3 is 0 Å². The van der Waals surface area contributed by atoms with Crippen molar-refractivity contribution in [2.75, 3.05) is 25.5 Å². The lowest BCUT2D eigenvalue weighted by molar-refractivity contribution is -0.130. The van der Waals surface area contributed by atoms with Crippen molar-refractivity contribution in [3.8, 4) is 5.75 Å². The Kier molecular flexibility index (Phi) is 6.01. The predicted molar refractivity (Wildman–Crippen MR) is 113 cm³/mol. The summed E-state index contributed by atoms with van der Waals surface area (Å²) in [5.41, 5.74) is 3.01. The zero-order chi connectivity index (χ0) is 19.6. The van der Waals surface area contributed by atoms with Gasteiger partial charge in [0.25, 0.3) is 5.91 Å². The number of hydrogen-bond donors (Lipinski definition) is 1. The Morgan fingerprint density at radius 1 is 1.15 bits per heavy atom. The molecule has 0 saturated carbocycles. The third-order valence-electron chi connectivity index (χ3n) is 4.15. The number of anilines is 1. The van der Waals surface area contributed by atoms with Crippen molar-refractivity contribution in [1.82, 2.24) is 4.90 Å². The molecular formula is C20H18Br2N2O3. The molecule has 140 valence electrons. The number of aryl methyl sites for hydroxylation is 1. The van der Waals surface area contributed by atoms with Crippen LogP contribution < -0.4 is 10.1 Å². The van der Waals surface area contributed by atoms with Crippen LogP contribution in [0.1, 0.15) is 11.1 Å². The summed E-state index contributed by atoms with van der Waals surface area (Å²) in [6.07, 6.45) is 1.80. The summed E-state index contributed by atoms with van der Waals surface area (Å²) in [4.78, 5) is 26.4. The second kappa shape index (κ2) is 8.27. The van der Waals surface area contributed by atoms with Gasteiger partial charge in [-0.2, -0.15) is 0 Å². The molecule has 1 N–H and O–H groups in total. The number of fused-ring (bicyclic) bond motifs is 1. The molecule has 0 bridgehead atoms. The highest BCUT2D eigenvalue weighted by Gasteiger charge is 2.22. The van der Waals surface area contributed by atoms with E-state index < -0.39 is 0 Å². The molecule has 2 aromatic rings. The Morgan fingerprint density at radius 3 is 2.59 bits per heavy atom. The van der Waals surface area contributed by atoms with Crippen molar-refractivity contribution in [3.05, 3.63) is 62.0 Å². The van der Waals surface area contributed by atoms with Gasteiger partial charge in [-0.05, 0) is 55.0 Å². The highest BCUT2D eigenvalue weighted by Crippen LogP contribution is 2.29. The van der Waals surface area contributed by atoms with Crippen LogP contribution in [-0.2, 0) is 9.59 Å². The minimum atomic E-state index is -0.253. The van der Waals surface area contributed by atoms with Crippen LogP contribution in [0.3, 0.4) is 0 Å². The zero-order valence-electron chi connectivity index (χ0n) is 14.9. The molecule has 0 spiro atoms. The maximum absolute atomic E-state index is 12.7. The molecule has 0 saturated heterocycles. The van der Waals surface area contributed by atoms with Gasteiger partial charge < -0.3 is 15.0 Å². The van der Waals surface area contributed by atoms with Crippen molar-refractivity contribution in [3.63, 3.8) is 0 Å². The van der Waals surface area contributed by atoms with E-state index >= 15 is 0 Å². The lowest BCUT2D eigenvalue weighted by atomic mass is 10.1. The number of carbonyl (C=O) groups is 2. The van der Waals surface area contributed by atoms with Crippen LogP contribution in [-0.4, -0.2) is 36.9 Å². The molecule has 2 aromatic carbocycles. The smallest absolute Gasteiger partial charge is 0.253 e. The Labute approximate surface area is 174 Å². The first kappa shape index (κ1) is 19.6. The van der Waals surface area contributed by atoms with Gasteiger partial charge in [0.1, 0.15) is 12.4 Å². The molecule has 1 aliphatic heterocycles. The average Bonchev–Trinajstić information content (AvgIpc) is 2.62. The molecule has 0 aliphatic carbocycles. The van der Waals surface area contributed by atoms with E-state index in [1.165, 1.54) is 4.90 Å². The first-order valence-corrected chi connectivity index (χ1v) is 9.86. The van der Waals surface area contributed by atoms with Crippen LogP contribution >= 0.6 is 31.9 Å². The van der Waals surface area contributed by atoms with Gasteiger partial charge in [0, 0.05) is 27.2 Å². The van der Waals surface area contributed by atoms with E-state index in [4.69, 9.17) is 4.74 Å². The number of ether oxygens (including phenoxy) is 1. The standard InChI is InChI=1S/C20H18Br2N2O3/c1-12-7-15(21)3-5-17(12)23-19(25)10-24(2)20(26)14-8-13-9-16(22)4-6-18(13)27-11-14/h3-9H,10-11H2,1-2H3,(H,23,25). The maximum Gasteiger partial charge on any atom is 0.253 e. The number of rotatable bonds is 4. The van der Waals surface area contributed by atoms with E-state index in [0.717, 1.165) is 31.5 Å². The number of hydrogen-bond acceptors (Lipinski definition) is 3. The van der Waals surface area contributed by atoms with Gasteiger partial charge in [-0.3, -0.25) is 9.59 Å². The van der Waals surface area contributed by atoms with Gasteiger partial charge in [0.2, 0.25) is 5.91 Å². The van der Waals surface area contributed by atoms with E-state index in [9.17, 15) is 9.59 Å². The highest BCUT2D eigenvalue weighted by molar-refractivity contribution is 9.10. The second-order valence-electron chi connectivity index (χ2n) is 6.31. The van der Waals surface area contributed by atoms with Crippen LogP contribution in [0.25, 0.3) is 6.08 Å². The molecule has 2 amide bonds. The number of halogens is 2. The van der Waals surface area contributed by atoms with Crippen molar-refractivity contribution < 1.29 is 14.3 Å². The molecule has 1 heterocycles. The summed E-state index contributed by atoms with van der Waals surface area (Å²) in [7, 11) is 1.60. The fourth-order valence-electron chi connectivity index (χ4n) is 2.76. The van der Waals surface area contributed by atoms with E-state index in [2.05, 4.69) is 37.2 Å². The fraction of sp³-hybridized carbons (Fsp3) is 0.200. The minimum absolute atomic E-state index is 0.0446. The molecule has 0 atom stereocenters. The highest BCUT2D eigenvalue weighted by atomic mass is 79.9. The van der Waals surface area contributed by atoms with E-state index in [1.807, 2.05) is 43.3 Å². The summed E-state index contributed by atoms with van der Waals surface area (Å²) in [5.74, 6) is 0.251. The number of likely N-dealkylation sites (N-methyl/N-ethyl adjacent to an activating group) is 1. The van der Waals surface area contributed by atoms with E-state index in [1.54, 1.807) is 13.1 Å². The van der Waals surface area contributed by atoms with Gasteiger partial charge in [0.05, 0.1) is 12.1 Å². The second-order valence-corrected chi connectivity index (χ2v) is 8.14. The third kappa shape index (κ3) is 4.78. The molecule has 0 fully saturated rings. The van der Waals surface area contributed by atoms with Crippen LogP contribution in [0.4, 0.5) is 5.69 Å². The molecule has 0 aromatic heterocycles. The molecule has 7 heteroatoms. The van der Waals surface area contributed by atoms with Crippen molar-refractivity contribution in [2.45, 2.75) is 6.92 Å². The first-order chi connectivity index (χ1) is 12.8. The summed E-state index contributed by atoms with van der Waals surface area (Å²) in [6.45, 7) is 2.05. The maximum atomic E-state index is 12.7. The molecule has 1 aliphatic rings. The zero-order valence-corrected chi connectivity index (χ0v) is 18.1. The Morgan fingerprint density at radius 2 is 1.85 bits per heavy atom. The molecule has 0 radical (unpaired) electrons. The number of amides is 2. The number of benzene rings is 2. The van der Waals surface area contributed by atoms with Crippen LogP contribution in [0.5, 0.6) is 5.75 Å². The lowest BCUT2D eigenvalue weighted by Crippen LogP contribution is -2.37. The van der Waals surface area contributed by atoms with Crippen LogP contribution in [0.2, 0.25) is 0 Å². The molecule has 5 nitrogen and oxygen atoms in total. The number of carbonyl (C=O) groups excluding carboxylic acids is 2. The SMILES string of the molecule is Cc1cc(Br)ccc1NC(=O)CN(C)C(=O)C1=Cc2cc(Br)ccc2OC1. The summed E-state index contributed by atoms with van der Waals surface area (Å²) in [6, 6.07) is 11.2.